The number of aromatic nitrogens is 3. The average Bonchev–Trinajstić information content (AvgIpc) is 3.83. The van der Waals surface area contributed by atoms with Gasteiger partial charge in [-0.05, 0) is 48.7 Å². The van der Waals surface area contributed by atoms with E-state index in [4.69, 9.17) is 0 Å². The van der Waals surface area contributed by atoms with Gasteiger partial charge in [0.25, 0.3) is 17.7 Å². The standard InChI is InChI=1S/C32H37N7O4S3/c1-20(2)14-23-30-38-26(19-45-30)29(42)36-24(15-21-8-4-3-5-9-21)31-37-25(18-44-31)28(41)33-11-7-13-39(12-6-10-27(40)35-23)32(43)22-16-34-46-17-22/h3-5,8-9,16-20,23-24H,6-7,10-15H2,1-2H3,(H,33,41)(H,35,40)(H,36,42)/t23-,24-/m0/s1. The molecule has 4 bridgehead atoms. The van der Waals surface area contributed by atoms with Crippen LogP contribution in [-0.4, -0.2) is 62.5 Å². The lowest BCUT2D eigenvalue weighted by Crippen LogP contribution is -2.36. The van der Waals surface area contributed by atoms with Gasteiger partial charge in [0, 0.05) is 42.2 Å². The predicted molar refractivity (Wildman–Crippen MR) is 179 cm³/mol. The second-order valence-electron chi connectivity index (χ2n) is 11.5. The Kier molecular flexibility index (Phi) is 11.6. The van der Waals surface area contributed by atoms with Crippen LogP contribution >= 0.6 is 34.2 Å². The fourth-order valence-electron chi connectivity index (χ4n) is 5.15. The van der Waals surface area contributed by atoms with Crippen LogP contribution < -0.4 is 16.0 Å². The molecule has 0 spiro atoms. The lowest BCUT2D eigenvalue weighted by atomic mass is 10.0. The smallest absolute Gasteiger partial charge is 0.271 e. The maximum Gasteiger partial charge on any atom is 0.271 e. The van der Waals surface area contributed by atoms with E-state index in [1.54, 1.807) is 27.2 Å². The molecule has 0 aliphatic carbocycles. The van der Waals surface area contributed by atoms with E-state index < -0.39 is 6.04 Å². The first kappa shape index (κ1) is 33.4. The van der Waals surface area contributed by atoms with Crippen LogP contribution in [0.2, 0.25) is 0 Å². The minimum Gasteiger partial charge on any atom is -0.351 e. The lowest BCUT2D eigenvalue weighted by molar-refractivity contribution is -0.122. The number of hydrogen-bond donors (Lipinski definition) is 3. The third kappa shape index (κ3) is 9.04. The summed E-state index contributed by atoms with van der Waals surface area (Å²) in [6.07, 6.45) is 3.90. The molecule has 0 fully saturated rings. The first-order chi connectivity index (χ1) is 22.3. The first-order valence-electron chi connectivity index (χ1n) is 15.3. The predicted octanol–water partition coefficient (Wildman–Crippen LogP) is 5.03. The monoisotopic (exact) mass is 679 g/mol. The fourth-order valence-corrected chi connectivity index (χ4v) is 7.37. The second kappa shape index (κ2) is 16.0. The summed E-state index contributed by atoms with van der Waals surface area (Å²) in [6.45, 7) is 5.27. The molecule has 2 atom stereocenters. The molecule has 1 aliphatic rings. The van der Waals surface area contributed by atoms with Crippen LogP contribution in [0.5, 0.6) is 0 Å². The molecule has 4 aromatic rings. The summed E-state index contributed by atoms with van der Waals surface area (Å²) in [7, 11) is 0. The van der Waals surface area contributed by atoms with Gasteiger partial charge in [-0.15, -0.1) is 22.7 Å². The number of carbonyl (C=O) groups excluding carboxylic acids is 4. The quantitative estimate of drug-likeness (QED) is 0.268. The summed E-state index contributed by atoms with van der Waals surface area (Å²) in [4.78, 5) is 63.8. The Morgan fingerprint density at radius 2 is 1.61 bits per heavy atom. The number of amides is 4. The Balaban J connectivity index is 1.41. The number of benzene rings is 1. The lowest BCUT2D eigenvalue weighted by Gasteiger charge is -2.23. The SMILES string of the molecule is CC(C)C[C@@H]1NC(=O)CCCN(C(=O)c2cnsc2)CCCNC(=O)c2csc(n2)[C@H](Cc2ccccc2)NC(=O)c2csc1n2. The maximum atomic E-state index is 13.5. The Labute approximate surface area is 280 Å². The van der Waals surface area contributed by atoms with Crippen LogP contribution in [0.4, 0.5) is 0 Å². The second-order valence-corrected chi connectivity index (χ2v) is 14.0. The summed E-state index contributed by atoms with van der Waals surface area (Å²) in [5, 5.41) is 15.5. The molecule has 3 N–H and O–H groups in total. The molecule has 4 amide bonds. The van der Waals surface area contributed by atoms with E-state index >= 15 is 0 Å². The molecule has 0 saturated heterocycles. The third-order valence-corrected chi connectivity index (χ3v) is 9.93. The Bertz CT molecular complexity index is 1620. The van der Waals surface area contributed by atoms with Crippen LogP contribution in [0.1, 0.15) is 98.5 Å². The average molecular weight is 680 g/mol. The maximum absolute atomic E-state index is 13.5. The van der Waals surface area contributed by atoms with Gasteiger partial charge in [0.1, 0.15) is 21.4 Å². The van der Waals surface area contributed by atoms with Gasteiger partial charge in [-0.25, -0.2) is 14.3 Å². The van der Waals surface area contributed by atoms with Crippen molar-refractivity contribution in [2.75, 3.05) is 19.6 Å². The van der Waals surface area contributed by atoms with E-state index in [9.17, 15) is 19.2 Å². The zero-order valence-corrected chi connectivity index (χ0v) is 28.2. The normalized spacial score (nSPS) is 18.8. The summed E-state index contributed by atoms with van der Waals surface area (Å²) in [5.41, 5.74) is 2.05. The van der Waals surface area contributed by atoms with Gasteiger partial charge < -0.3 is 20.9 Å². The van der Waals surface area contributed by atoms with E-state index in [0.29, 0.717) is 60.9 Å². The number of thiazole rings is 2. The molecule has 0 radical (unpaired) electrons. The first-order valence-corrected chi connectivity index (χ1v) is 17.9. The molecule has 5 rings (SSSR count). The zero-order chi connectivity index (χ0) is 32.5. The number of nitrogens with zero attached hydrogens (tertiary/aromatic N) is 4. The van der Waals surface area contributed by atoms with Gasteiger partial charge in [-0.2, -0.15) is 0 Å². The van der Waals surface area contributed by atoms with Crippen molar-refractivity contribution in [2.24, 2.45) is 5.92 Å². The van der Waals surface area contributed by atoms with Crippen molar-refractivity contribution in [1.82, 2.24) is 35.2 Å². The molecular formula is C32H37N7O4S3. The molecule has 1 aromatic carbocycles. The highest BCUT2D eigenvalue weighted by atomic mass is 32.1. The minimum absolute atomic E-state index is 0.142. The molecule has 1 aliphatic heterocycles. The van der Waals surface area contributed by atoms with E-state index in [-0.39, 0.29) is 53.4 Å². The van der Waals surface area contributed by atoms with Gasteiger partial charge in [0.15, 0.2) is 0 Å². The summed E-state index contributed by atoms with van der Waals surface area (Å²) in [5.74, 6) is -0.695. The van der Waals surface area contributed by atoms with E-state index in [1.165, 1.54) is 34.2 Å². The van der Waals surface area contributed by atoms with Gasteiger partial charge >= 0.3 is 0 Å². The number of hydrogen-bond acceptors (Lipinski definition) is 10. The molecule has 0 unspecified atom stereocenters. The van der Waals surface area contributed by atoms with E-state index in [1.807, 2.05) is 30.3 Å². The van der Waals surface area contributed by atoms with E-state index in [2.05, 4.69) is 44.1 Å². The van der Waals surface area contributed by atoms with Crippen molar-refractivity contribution in [3.05, 3.63) is 85.2 Å². The van der Waals surface area contributed by atoms with Crippen molar-refractivity contribution >= 4 is 57.8 Å². The van der Waals surface area contributed by atoms with Crippen molar-refractivity contribution in [2.45, 2.75) is 58.0 Å². The highest BCUT2D eigenvalue weighted by Crippen LogP contribution is 2.27. The summed E-state index contributed by atoms with van der Waals surface area (Å²) < 4.78 is 4.06. The molecule has 46 heavy (non-hydrogen) atoms. The van der Waals surface area contributed by atoms with Crippen molar-refractivity contribution < 1.29 is 19.2 Å². The molecule has 3 aromatic heterocycles. The van der Waals surface area contributed by atoms with Crippen LogP contribution in [0.15, 0.2) is 52.7 Å². The molecule has 4 heterocycles. The Morgan fingerprint density at radius 1 is 0.913 bits per heavy atom. The number of nitrogens with one attached hydrogen (secondary N) is 3. The van der Waals surface area contributed by atoms with Gasteiger partial charge in [0.2, 0.25) is 5.91 Å². The number of rotatable bonds is 5. The number of carbonyl (C=O) groups is 4. The minimum atomic E-state index is -0.488. The van der Waals surface area contributed by atoms with Crippen LogP contribution in [-0.2, 0) is 11.2 Å². The molecule has 242 valence electrons. The Morgan fingerprint density at radius 3 is 2.30 bits per heavy atom. The van der Waals surface area contributed by atoms with Crippen LogP contribution in [0.25, 0.3) is 0 Å². The van der Waals surface area contributed by atoms with Crippen LogP contribution in [0, 0.1) is 5.92 Å². The van der Waals surface area contributed by atoms with Crippen molar-refractivity contribution in [3.8, 4) is 0 Å². The molecule has 0 saturated carbocycles. The van der Waals surface area contributed by atoms with Crippen molar-refractivity contribution in [1.29, 1.82) is 0 Å². The zero-order valence-electron chi connectivity index (χ0n) is 25.7. The summed E-state index contributed by atoms with van der Waals surface area (Å²) in [6, 6.07) is 8.94. The molecule has 14 heteroatoms. The third-order valence-electron chi connectivity index (χ3n) is 7.42. The number of fused-ring (bicyclic) bond motifs is 4. The Hall–Kier alpha value is -4.01. The van der Waals surface area contributed by atoms with Crippen molar-refractivity contribution in [3.63, 3.8) is 0 Å². The van der Waals surface area contributed by atoms with E-state index in [0.717, 1.165) is 5.56 Å². The highest BCUT2D eigenvalue weighted by Gasteiger charge is 2.26. The summed E-state index contributed by atoms with van der Waals surface area (Å²) >= 11 is 3.86. The van der Waals surface area contributed by atoms with Gasteiger partial charge in [-0.1, -0.05) is 44.2 Å². The van der Waals surface area contributed by atoms with Gasteiger partial charge in [-0.3, -0.25) is 19.2 Å². The molecule has 11 nitrogen and oxygen atoms in total. The van der Waals surface area contributed by atoms with Crippen LogP contribution in [0.3, 0.4) is 0 Å². The highest BCUT2D eigenvalue weighted by molar-refractivity contribution is 7.10. The topological polar surface area (TPSA) is 146 Å². The molecular weight excluding hydrogens is 643 g/mol. The largest absolute Gasteiger partial charge is 0.351 e. The van der Waals surface area contributed by atoms with Gasteiger partial charge in [0.05, 0.1) is 23.8 Å². The fraction of sp³-hybridized carbons (Fsp3) is 0.406.